The first-order valence-electron chi connectivity index (χ1n) is 14.3. The third-order valence-corrected chi connectivity index (χ3v) is 8.44. The van der Waals surface area contributed by atoms with Crippen molar-refractivity contribution in [2.75, 3.05) is 47.0 Å². The summed E-state index contributed by atoms with van der Waals surface area (Å²) in [4.78, 5) is 30.6. The summed E-state index contributed by atoms with van der Waals surface area (Å²) in [5.41, 5.74) is 2.75. The van der Waals surface area contributed by atoms with Gasteiger partial charge < -0.3 is 23.7 Å². The maximum Gasteiger partial charge on any atom is 0.336 e. The van der Waals surface area contributed by atoms with Crippen LogP contribution in [0.5, 0.6) is 5.75 Å². The van der Waals surface area contributed by atoms with Crippen molar-refractivity contribution in [2.24, 2.45) is 5.92 Å². The van der Waals surface area contributed by atoms with Crippen molar-refractivity contribution in [3.8, 4) is 16.9 Å². The minimum Gasteiger partial charge on any atom is -0.496 e. The van der Waals surface area contributed by atoms with E-state index in [4.69, 9.17) is 13.9 Å². The minimum atomic E-state index is -0.403. The van der Waals surface area contributed by atoms with Crippen LogP contribution in [0.2, 0.25) is 0 Å². The number of piperidine rings is 2. The number of carbonyl (C=O) groups is 1. The number of hydrogen-bond donors (Lipinski definition) is 0. The van der Waals surface area contributed by atoms with Gasteiger partial charge in [0, 0.05) is 50.2 Å². The number of rotatable bonds is 10. The lowest BCUT2D eigenvalue weighted by molar-refractivity contribution is -0.133. The fraction of sp³-hybridized carbons (Fsp3) is 0.500. The molecule has 2 aliphatic heterocycles. The van der Waals surface area contributed by atoms with Crippen LogP contribution >= 0.6 is 0 Å². The molecule has 0 unspecified atom stereocenters. The molecule has 0 N–H and O–H groups in total. The molecule has 1 amide bonds. The molecule has 5 rings (SSSR count). The Hall–Kier alpha value is -3.16. The summed E-state index contributed by atoms with van der Waals surface area (Å²) < 4.78 is 16.6. The molecule has 3 heterocycles. The average molecular weight is 533 g/mol. The van der Waals surface area contributed by atoms with E-state index >= 15 is 0 Å². The zero-order valence-electron chi connectivity index (χ0n) is 23.2. The quantitative estimate of drug-likeness (QED) is 0.337. The SMILES string of the molecule is COCCN(C[C@@H]1CCCN2CCCC[C@@H]12)C(=O)CCc1cc2c(-c3ccccc3)cc(=O)oc2cc1OC. The van der Waals surface area contributed by atoms with Gasteiger partial charge in [-0.1, -0.05) is 36.8 Å². The van der Waals surface area contributed by atoms with Crippen molar-refractivity contribution in [2.45, 2.75) is 51.0 Å². The van der Waals surface area contributed by atoms with Gasteiger partial charge in [0.25, 0.3) is 0 Å². The number of nitrogens with zero attached hydrogens (tertiary/aromatic N) is 2. The summed E-state index contributed by atoms with van der Waals surface area (Å²) in [6.07, 6.45) is 7.13. The van der Waals surface area contributed by atoms with E-state index in [1.807, 2.05) is 41.3 Å². The summed E-state index contributed by atoms with van der Waals surface area (Å²) >= 11 is 0. The lowest BCUT2D eigenvalue weighted by atomic mass is 9.83. The molecule has 0 bridgehead atoms. The number of ether oxygens (including phenoxy) is 2. The first-order chi connectivity index (χ1) is 19.1. The van der Waals surface area contributed by atoms with Crippen molar-refractivity contribution in [1.29, 1.82) is 0 Å². The van der Waals surface area contributed by atoms with Gasteiger partial charge in [-0.25, -0.2) is 4.79 Å². The number of fused-ring (bicyclic) bond motifs is 2. The molecule has 2 atom stereocenters. The van der Waals surface area contributed by atoms with Crippen molar-refractivity contribution >= 4 is 16.9 Å². The first-order valence-corrected chi connectivity index (χ1v) is 14.3. The molecular weight excluding hydrogens is 492 g/mol. The zero-order valence-corrected chi connectivity index (χ0v) is 23.2. The summed E-state index contributed by atoms with van der Waals surface area (Å²) in [5.74, 6) is 1.29. The number of hydrogen-bond acceptors (Lipinski definition) is 6. The summed E-state index contributed by atoms with van der Waals surface area (Å²) in [5, 5.41) is 0.833. The van der Waals surface area contributed by atoms with Crippen LogP contribution in [0.1, 0.15) is 44.1 Å². The number of benzene rings is 2. The second kappa shape index (κ2) is 12.8. The maximum absolute atomic E-state index is 13.6. The van der Waals surface area contributed by atoms with Crippen LogP contribution in [-0.2, 0) is 16.0 Å². The van der Waals surface area contributed by atoms with E-state index in [1.54, 1.807) is 20.3 Å². The summed E-state index contributed by atoms with van der Waals surface area (Å²) in [6, 6.07) is 15.7. The molecule has 0 aliphatic carbocycles. The molecule has 2 fully saturated rings. The standard InChI is InChI=1S/C32H40N2O5/c1-37-18-17-34(22-25-11-8-16-33-15-7-6-12-28(25)33)31(35)14-13-24-19-27-26(23-9-4-3-5-10-23)20-32(36)39-30(27)21-29(24)38-2/h3-5,9-10,19-21,25,28H,6-8,11-18,22H2,1-2H3/t25-,28-/m0/s1. The monoisotopic (exact) mass is 532 g/mol. The van der Waals surface area contributed by atoms with Gasteiger partial charge in [0.15, 0.2) is 0 Å². The molecule has 39 heavy (non-hydrogen) atoms. The topological polar surface area (TPSA) is 72.2 Å². The molecule has 2 aliphatic rings. The highest BCUT2D eigenvalue weighted by atomic mass is 16.5. The smallest absolute Gasteiger partial charge is 0.336 e. The van der Waals surface area contributed by atoms with Crippen molar-refractivity contribution < 1.29 is 18.7 Å². The van der Waals surface area contributed by atoms with E-state index in [0.717, 1.165) is 28.6 Å². The molecule has 7 heteroatoms. The van der Waals surface area contributed by atoms with Crippen LogP contribution in [0, 0.1) is 5.92 Å². The van der Waals surface area contributed by atoms with Gasteiger partial charge in [-0.05, 0) is 73.9 Å². The van der Waals surface area contributed by atoms with E-state index in [2.05, 4.69) is 4.90 Å². The Kier molecular flexibility index (Phi) is 8.99. The second-order valence-electron chi connectivity index (χ2n) is 10.8. The van der Waals surface area contributed by atoms with Crippen molar-refractivity contribution in [3.05, 3.63) is 64.5 Å². The number of amides is 1. The number of methoxy groups -OCH3 is 2. The Bertz CT molecular complexity index is 1320. The van der Waals surface area contributed by atoms with E-state index in [0.29, 0.717) is 49.3 Å². The highest BCUT2D eigenvalue weighted by Gasteiger charge is 2.34. The van der Waals surface area contributed by atoms with E-state index < -0.39 is 5.63 Å². The fourth-order valence-electron chi connectivity index (χ4n) is 6.47. The van der Waals surface area contributed by atoms with Crippen LogP contribution in [0.25, 0.3) is 22.1 Å². The summed E-state index contributed by atoms with van der Waals surface area (Å²) in [6.45, 7) is 4.32. The third-order valence-electron chi connectivity index (χ3n) is 8.44. The molecule has 7 nitrogen and oxygen atoms in total. The maximum atomic E-state index is 13.6. The molecule has 2 saturated heterocycles. The van der Waals surface area contributed by atoms with E-state index in [9.17, 15) is 9.59 Å². The minimum absolute atomic E-state index is 0.144. The molecule has 3 aromatic rings. The van der Waals surface area contributed by atoms with Gasteiger partial charge in [-0.3, -0.25) is 4.79 Å². The Balaban J connectivity index is 1.36. The molecule has 0 radical (unpaired) electrons. The zero-order chi connectivity index (χ0) is 27.2. The predicted molar refractivity (Wildman–Crippen MR) is 153 cm³/mol. The van der Waals surface area contributed by atoms with Gasteiger partial charge in [-0.15, -0.1) is 0 Å². The Labute approximate surface area is 230 Å². The first kappa shape index (κ1) is 27.4. The number of aryl methyl sites for hydroxylation is 1. The van der Waals surface area contributed by atoms with Gasteiger partial charge >= 0.3 is 5.63 Å². The molecule has 1 aromatic heterocycles. The van der Waals surface area contributed by atoms with Crippen LogP contribution in [0.4, 0.5) is 0 Å². The second-order valence-corrected chi connectivity index (χ2v) is 10.8. The lowest BCUT2D eigenvalue weighted by Gasteiger charge is -2.45. The van der Waals surface area contributed by atoms with E-state index in [1.165, 1.54) is 51.3 Å². The molecule has 2 aromatic carbocycles. The highest BCUT2D eigenvalue weighted by molar-refractivity contribution is 5.94. The Morgan fingerprint density at radius 2 is 1.87 bits per heavy atom. The van der Waals surface area contributed by atoms with Gasteiger partial charge in [0.2, 0.25) is 5.91 Å². The molecule has 208 valence electrons. The van der Waals surface area contributed by atoms with Crippen molar-refractivity contribution in [1.82, 2.24) is 9.80 Å². The average Bonchev–Trinajstić information content (AvgIpc) is 2.97. The van der Waals surface area contributed by atoms with Gasteiger partial charge in [0.1, 0.15) is 11.3 Å². The number of carbonyl (C=O) groups excluding carboxylic acids is 1. The van der Waals surface area contributed by atoms with E-state index in [-0.39, 0.29) is 5.91 Å². The molecule has 0 spiro atoms. The van der Waals surface area contributed by atoms with Gasteiger partial charge in [-0.2, -0.15) is 0 Å². The summed E-state index contributed by atoms with van der Waals surface area (Å²) in [7, 11) is 3.30. The highest BCUT2D eigenvalue weighted by Crippen LogP contribution is 2.34. The Morgan fingerprint density at radius 3 is 2.67 bits per heavy atom. The van der Waals surface area contributed by atoms with Crippen molar-refractivity contribution in [3.63, 3.8) is 0 Å². The normalized spacial score (nSPS) is 19.5. The molecule has 0 saturated carbocycles. The largest absolute Gasteiger partial charge is 0.496 e. The Morgan fingerprint density at radius 1 is 1.05 bits per heavy atom. The fourth-order valence-corrected chi connectivity index (χ4v) is 6.47. The lowest BCUT2D eigenvalue weighted by Crippen LogP contribution is -2.52. The third kappa shape index (κ3) is 6.36. The van der Waals surface area contributed by atoms with Crippen LogP contribution in [0.15, 0.2) is 57.7 Å². The van der Waals surface area contributed by atoms with Crippen LogP contribution < -0.4 is 10.4 Å². The van der Waals surface area contributed by atoms with Gasteiger partial charge in [0.05, 0.1) is 13.7 Å². The van der Waals surface area contributed by atoms with Crippen LogP contribution in [0.3, 0.4) is 0 Å². The molecular formula is C32H40N2O5. The van der Waals surface area contributed by atoms with Crippen LogP contribution in [-0.4, -0.2) is 68.8 Å². The predicted octanol–water partition coefficient (Wildman–Crippen LogP) is 5.14.